The van der Waals surface area contributed by atoms with Crippen molar-refractivity contribution >= 4 is 31.6 Å². The molecule has 0 aliphatic carbocycles. The first-order valence-corrected chi connectivity index (χ1v) is 7.68. The van der Waals surface area contributed by atoms with Gasteiger partial charge < -0.3 is 0 Å². The zero-order valence-corrected chi connectivity index (χ0v) is 12.4. The Kier molecular flexibility index (Phi) is 4.06. The van der Waals surface area contributed by atoms with Crippen LogP contribution in [0.1, 0.15) is 5.56 Å². The van der Waals surface area contributed by atoms with Gasteiger partial charge in [0.2, 0.25) is 0 Å². The van der Waals surface area contributed by atoms with Gasteiger partial charge in [-0.3, -0.25) is 4.72 Å². The summed E-state index contributed by atoms with van der Waals surface area (Å²) in [4.78, 5) is -0.171. The lowest BCUT2D eigenvalue weighted by Crippen LogP contribution is -2.13. The molecule has 2 aromatic rings. The Labute approximate surface area is 124 Å². The molecular weight excluding hydrogens is 347 g/mol. The normalized spacial score (nSPS) is 10.8. The number of anilines is 1. The van der Waals surface area contributed by atoms with Crippen molar-refractivity contribution in [1.29, 1.82) is 5.26 Å². The van der Waals surface area contributed by atoms with Crippen molar-refractivity contribution in [2.45, 2.75) is 4.90 Å². The summed E-state index contributed by atoms with van der Waals surface area (Å²) in [5.74, 6) is -0.756. The van der Waals surface area contributed by atoms with Crippen molar-refractivity contribution in [1.82, 2.24) is 0 Å². The molecule has 7 heteroatoms. The molecule has 0 radical (unpaired) electrons. The summed E-state index contributed by atoms with van der Waals surface area (Å²) in [6, 6.07) is 11.3. The zero-order chi connectivity index (χ0) is 14.8. The SMILES string of the molecule is N#Cc1cc(S(=O)(=O)Nc2cccc(Br)c2)ccc1F. The number of sulfonamides is 1. The molecule has 0 saturated heterocycles. The fourth-order valence-corrected chi connectivity index (χ4v) is 3.00. The molecule has 20 heavy (non-hydrogen) atoms. The van der Waals surface area contributed by atoms with E-state index in [2.05, 4.69) is 20.7 Å². The number of hydrogen-bond acceptors (Lipinski definition) is 3. The van der Waals surface area contributed by atoms with E-state index in [0.717, 1.165) is 22.7 Å². The lowest BCUT2D eigenvalue weighted by Gasteiger charge is -2.08. The molecule has 0 unspecified atom stereocenters. The molecular formula is C13H8BrFN2O2S. The molecule has 0 spiro atoms. The van der Waals surface area contributed by atoms with Crippen LogP contribution in [0.5, 0.6) is 0 Å². The number of nitrogens with one attached hydrogen (secondary N) is 1. The summed E-state index contributed by atoms with van der Waals surface area (Å²) in [5, 5.41) is 8.72. The second-order valence-corrected chi connectivity index (χ2v) is 6.47. The number of rotatable bonds is 3. The van der Waals surface area contributed by atoms with Crippen molar-refractivity contribution in [3.63, 3.8) is 0 Å². The number of hydrogen-bond donors (Lipinski definition) is 1. The van der Waals surface area contributed by atoms with Crippen LogP contribution in [0.25, 0.3) is 0 Å². The Morgan fingerprint density at radius 1 is 1.20 bits per heavy atom. The minimum atomic E-state index is -3.87. The quantitative estimate of drug-likeness (QED) is 0.919. The highest BCUT2D eigenvalue weighted by molar-refractivity contribution is 9.10. The fourth-order valence-electron chi connectivity index (χ4n) is 1.52. The monoisotopic (exact) mass is 354 g/mol. The van der Waals surface area contributed by atoms with Crippen LogP contribution < -0.4 is 4.72 Å². The molecule has 0 aliphatic rings. The summed E-state index contributed by atoms with van der Waals surface area (Å²) in [5.41, 5.74) is 0.0457. The van der Waals surface area contributed by atoms with Gasteiger partial charge in [0, 0.05) is 10.2 Å². The van der Waals surface area contributed by atoms with Crippen LogP contribution in [0.3, 0.4) is 0 Å². The van der Waals surface area contributed by atoms with Gasteiger partial charge >= 0.3 is 0 Å². The fraction of sp³-hybridized carbons (Fsp3) is 0. The van der Waals surface area contributed by atoms with Crippen LogP contribution in [0.4, 0.5) is 10.1 Å². The van der Waals surface area contributed by atoms with Gasteiger partial charge in [0.1, 0.15) is 11.9 Å². The number of halogens is 2. The molecule has 0 atom stereocenters. The molecule has 2 rings (SSSR count). The smallest absolute Gasteiger partial charge is 0.261 e. The Hall–Kier alpha value is -1.91. The second kappa shape index (κ2) is 5.61. The molecule has 1 N–H and O–H groups in total. The van der Waals surface area contributed by atoms with E-state index in [9.17, 15) is 12.8 Å². The Morgan fingerprint density at radius 3 is 2.60 bits per heavy atom. The molecule has 0 saturated carbocycles. The van der Waals surface area contributed by atoms with Crippen molar-refractivity contribution in [3.8, 4) is 6.07 Å². The van der Waals surface area contributed by atoms with Crippen LogP contribution in [-0.4, -0.2) is 8.42 Å². The summed E-state index contributed by atoms with van der Waals surface area (Å²) in [6.45, 7) is 0. The maximum Gasteiger partial charge on any atom is 0.261 e. The first-order valence-electron chi connectivity index (χ1n) is 5.40. The third kappa shape index (κ3) is 3.15. The van der Waals surface area contributed by atoms with Crippen molar-refractivity contribution in [2.75, 3.05) is 4.72 Å². The van der Waals surface area contributed by atoms with E-state index in [1.165, 1.54) is 0 Å². The van der Waals surface area contributed by atoms with Crippen LogP contribution in [0, 0.1) is 17.1 Å². The van der Waals surface area contributed by atoms with Crippen molar-refractivity contribution in [2.24, 2.45) is 0 Å². The molecule has 0 aromatic heterocycles. The molecule has 0 bridgehead atoms. The summed E-state index contributed by atoms with van der Waals surface area (Å²) >= 11 is 3.23. The summed E-state index contributed by atoms with van der Waals surface area (Å²) in [6.07, 6.45) is 0. The lowest BCUT2D eigenvalue weighted by atomic mass is 10.2. The van der Waals surface area contributed by atoms with Gasteiger partial charge in [-0.15, -0.1) is 0 Å². The van der Waals surface area contributed by atoms with E-state index in [0.29, 0.717) is 5.69 Å². The molecule has 0 amide bonds. The molecule has 2 aromatic carbocycles. The second-order valence-electron chi connectivity index (χ2n) is 3.87. The van der Waals surface area contributed by atoms with Gasteiger partial charge in [-0.2, -0.15) is 5.26 Å². The number of nitrogens with zero attached hydrogens (tertiary/aromatic N) is 1. The van der Waals surface area contributed by atoms with Gasteiger partial charge in [0.25, 0.3) is 10.0 Å². The third-order valence-corrected chi connectivity index (χ3v) is 4.32. The van der Waals surface area contributed by atoms with Crippen LogP contribution >= 0.6 is 15.9 Å². The molecule has 4 nitrogen and oxygen atoms in total. The van der Waals surface area contributed by atoms with E-state index in [4.69, 9.17) is 5.26 Å². The highest BCUT2D eigenvalue weighted by Crippen LogP contribution is 2.21. The Morgan fingerprint density at radius 2 is 1.95 bits per heavy atom. The average molecular weight is 355 g/mol. The zero-order valence-electron chi connectivity index (χ0n) is 9.97. The maximum atomic E-state index is 13.2. The molecule has 0 fully saturated rings. The number of benzene rings is 2. The summed E-state index contributed by atoms with van der Waals surface area (Å²) < 4.78 is 40.5. The predicted octanol–water partition coefficient (Wildman–Crippen LogP) is 3.26. The minimum Gasteiger partial charge on any atom is -0.280 e. The van der Waals surface area contributed by atoms with Gasteiger partial charge in [-0.1, -0.05) is 22.0 Å². The third-order valence-electron chi connectivity index (χ3n) is 2.45. The van der Waals surface area contributed by atoms with E-state index in [1.807, 2.05) is 0 Å². The molecule has 102 valence electrons. The largest absolute Gasteiger partial charge is 0.280 e. The van der Waals surface area contributed by atoms with Gasteiger partial charge in [0.05, 0.1) is 10.5 Å². The Balaban J connectivity index is 2.39. The van der Waals surface area contributed by atoms with Crippen LogP contribution in [-0.2, 0) is 10.0 Å². The van der Waals surface area contributed by atoms with Gasteiger partial charge in [0.15, 0.2) is 0 Å². The van der Waals surface area contributed by atoms with E-state index < -0.39 is 15.8 Å². The van der Waals surface area contributed by atoms with Gasteiger partial charge in [-0.05, 0) is 36.4 Å². The van der Waals surface area contributed by atoms with E-state index >= 15 is 0 Å². The van der Waals surface area contributed by atoms with Gasteiger partial charge in [-0.25, -0.2) is 12.8 Å². The highest BCUT2D eigenvalue weighted by Gasteiger charge is 2.16. The van der Waals surface area contributed by atoms with Crippen LogP contribution in [0.15, 0.2) is 51.8 Å². The van der Waals surface area contributed by atoms with E-state index in [-0.39, 0.29) is 10.5 Å². The molecule has 0 heterocycles. The predicted molar refractivity (Wildman–Crippen MR) is 76.1 cm³/mol. The first kappa shape index (κ1) is 14.5. The highest BCUT2D eigenvalue weighted by atomic mass is 79.9. The lowest BCUT2D eigenvalue weighted by molar-refractivity contribution is 0.599. The Bertz CT molecular complexity index is 800. The minimum absolute atomic E-state index is 0.171. The van der Waals surface area contributed by atoms with Crippen molar-refractivity contribution in [3.05, 3.63) is 58.3 Å². The molecule has 0 aliphatic heterocycles. The van der Waals surface area contributed by atoms with E-state index in [1.54, 1.807) is 30.3 Å². The standard InChI is InChI=1S/C13H8BrFN2O2S/c14-10-2-1-3-11(7-10)17-20(18,19)12-4-5-13(15)9(6-12)8-16/h1-7,17H. The summed E-state index contributed by atoms with van der Waals surface area (Å²) in [7, 11) is -3.87. The topological polar surface area (TPSA) is 70.0 Å². The maximum absolute atomic E-state index is 13.2. The average Bonchev–Trinajstić information content (AvgIpc) is 2.38. The van der Waals surface area contributed by atoms with Crippen molar-refractivity contribution < 1.29 is 12.8 Å². The first-order chi connectivity index (χ1) is 9.42. The number of nitriles is 1. The van der Waals surface area contributed by atoms with Crippen LogP contribution in [0.2, 0.25) is 0 Å².